The molecule has 3 heterocycles. The topological polar surface area (TPSA) is 135 Å². The fourth-order valence-electron chi connectivity index (χ4n) is 6.01. The molecule has 1 fully saturated rings. The summed E-state index contributed by atoms with van der Waals surface area (Å²) in [4.78, 5) is 32.8. The molecule has 1 saturated carbocycles. The van der Waals surface area contributed by atoms with Crippen LogP contribution in [0.5, 0.6) is 0 Å². The standard InChI is InChI=1S/C32H26N6O4/c1-19-9-10-21(18-26(19)38(41)42)27-28(20-11-13-22(14-12-20)32(15-5-16-32)36-31(39)40)37-25-8-4-17-33-29(25)34-24-7-3-2-6-23(24)30(37)35-27/h2-4,6-14,17-18,36H,5,15-16H2,1H3,(H,33,34)(H,39,40). The van der Waals surface area contributed by atoms with Crippen LogP contribution in [-0.2, 0) is 5.54 Å². The van der Waals surface area contributed by atoms with Crippen molar-refractivity contribution in [2.24, 2.45) is 0 Å². The number of anilines is 2. The summed E-state index contributed by atoms with van der Waals surface area (Å²) >= 11 is 0. The minimum absolute atomic E-state index is 0.0211. The molecule has 0 radical (unpaired) electrons. The van der Waals surface area contributed by atoms with E-state index in [9.17, 15) is 20.0 Å². The molecule has 1 aliphatic carbocycles. The summed E-state index contributed by atoms with van der Waals surface area (Å²) in [6.45, 7) is 1.72. The van der Waals surface area contributed by atoms with Crippen LogP contribution in [0.2, 0.25) is 0 Å². The van der Waals surface area contributed by atoms with Crippen LogP contribution in [0.4, 0.5) is 22.0 Å². The third-order valence-corrected chi connectivity index (χ3v) is 8.27. The summed E-state index contributed by atoms with van der Waals surface area (Å²) in [5.74, 6) is 1.32. The van der Waals surface area contributed by atoms with Gasteiger partial charge in [-0.3, -0.25) is 14.7 Å². The number of carboxylic acid groups (broad SMARTS) is 1. The molecule has 2 aromatic heterocycles. The van der Waals surface area contributed by atoms with Crippen LogP contribution in [-0.4, -0.2) is 30.7 Å². The van der Waals surface area contributed by atoms with E-state index in [0.717, 1.165) is 53.0 Å². The van der Waals surface area contributed by atoms with Gasteiger partial charge < -0.3 is 15.7 Å². The zero-order valence-electron chi connectivity index (χ0n) is 22.7. The van der Waals surface area contributed by atoms with Gasteiger partial charge in [-0.15, -0.1) is 0 Å². The van der Waals surface area contributed by atoms with Crippen LogP contribution < -0.4 is 10.6 Å². The second-order valence-electron chi connectivity index (χ2n) is 10.7. The van der Waals surface area contributed by atoms with Gasteiger partial charge in [0.25, 0.3) is 5.69 Å². The maximum atomic E-state index is 11.9. The number of fused-ring (bicyclic) bond motifs is 5. The van der Waals surface area contributed by atoms with Crippen molar-refractivity contribution in [2.45, 2.75) is 31.7 Å². The summed E-state index contributed by atoms with van der Waals surface area (Å²) in [6, 6.07) is 24.7. The number of nitro groups is 1. The number of aryl methyl sites for hydroxylation is 1. The van der Waals surface area contributed by atoms with Gasteiger partial charge in [0.2, 0.25) is 0 Å². The SMILES string of the molecule is Cc1ccc(-c2nc3n(c2-c2ccc(C4(NC(=O)O)CCC4)cc2)-c2cccnc2Nc2ccccc2-3)cc1[N+](=O)[O-]. The molecule has 1 amide bonds. The lowest BCUT2D eigenvalue weighted by atomic mass is 9.71. The highest BCUT2D eigenvalue weighted by Gasteiger charge is 2.40. The van der Waals surface area contributed by atoms with E-state index in [0.29, 0.717) is 28.5 Å². The Balaban J connectivity index is 1.50. The molecule has 2 aliphatic rings. The smallest absolute Gasteiger partial charge is 0.405 e. The largest absolute Gasteiger partial charge is 0.465 e. The first kappa shape index (κ1) is 25.5. The van der Waals surface area contributed by atoms with Gasteiger partial charge in [0.1, 0.15) is 5.82 Å². The molecule has 0 saturated heterocycles. The van der Waals surface area contributed by atoms with Gasteiger partial charge >= 0.3 is 6.09 Å². The highest BCUT2D eigenvalue weighted by Crippen LogP contribution is 2.46. The van der Waals surface area contributed by atoms with Crippen molar-refractivity contribution in [1.29, 1.82) is 0 Å². The molecular formula is C32H26N6O4. The van der Waals surface area contributed by atoms with E-state index in [-0.39, 0.29) is 10.6 Å². The first-order chi connectivity index (χ1) is 20.3. The monoisotopic (exact) mass is 558 g/mol. The molecule has 1 aliphatic heterocycles. The predicted molar refractivity (Wildman–Crippen MR) is 159 cm³/mol. The van der Waals surface area contributed by atoms with Crippen molar-refractivity contribution in [3.63, 3.8) is 0 Å². The number of pyridine rings is 1. The zero-order valence-corrected chi connectivity index (χ0v) is 22.7. The van der Waals surface area contributed by atoms with E-state index in [1.54, 1.807) is 25.3 Å². The normalized spacial score (nSPS) is 14.3. The predicted octanol–water partition coefficient (Wildman–Crippen LogP) is 7.19. The summed E-state index contributed by atoms with van der Waals surface area (Å²) in [6.07, 6.45) is 3.10. The molecule has 10 heteroatoms. The number of rotatable bonds is 5. The van der Waals surface area contributed by atoms with Crippen molar-refractivity contribution < 1.29 is 14.8 Å². The van der Waals surface area contributed by atoms with Gasteiger partial charge in [-0.05, 0) is 56.0 Å². The molecule has 7 rings (SSSR count). The lowest BCUT2D eigenvalue weighted by molar-refractivity contribution is -0.385. The summed E-state index contributed by atoms with van der Waals surface area (Å²) in [7, 11) is 0. The summed E-state index contributed by atoms with van der Waals surface area (Å²) < 4.78 is 2.05. The first-order valence-corrected chi connectivity index (χ1v) is 13.7. The number of para-hydroxylation sites is 1. The van der Waals surface area contributed by atoms with E-state index in [1.165, 1.54) is 0 Å². The lowest BCUT2D eigenvalue weighted by Gasteiger charge is -2.42. The zero-order chi connectivity index (χ0) is 29.0. The number of nitrogens with one attached hydrogen (secondary N) is 2. The number of hydrogen-bond donors (Lipinski definition) is 3. The quantitative estimate of drug-likeness (QED) is 0.150. The van der Waals surface area contributed by atoms with Crippen LogP contribution >= 0.6 is 0 Å². The van der Waals surface area contributed by atoms with Gasteiger partial charge in [-0.2, -0.15) is 0 Å². The molecule has 208 valence electrons. The second kappa shape index (κ2) is 9.55. The van der Waals surface area contributed by atoms with Crippen LogP contribution in [0.3, 0.4) is 0 Å². The van der Waals surface area contributed by atoms with Crippen LogP contribution in [0, 0.1) is 17.0 Å². The highest BCUT2D eigenvalue weighted by molar-refractivity contribution is 5.91. The number of benzene rings is 3. The number of nitrogens with zero attached hydrogens (tertiary/aromatic N) is 4. The summed E-state index contributed by atoms with van der Waals surface area (Å²) in [5.41, 5.74) is 6.16. The number of carbonyl (C=O) groups is 1. The number of aromatic nitrogens is 3. The fourth-order valence-corrected chi connectivity index (χ4v) is 6.01. The van der Waals surface area contributed by atoms with E-state index in [4.69, 9.17) is 4.98 Å². The highest BCUT2D eigenvalue weighted by atomic mass is 16.6. The van der Waals surface area contributed by atoms with Gasteiger partial charge in [-0.25, -0.2) is 14.8 Å². The maximum Gasteiger partial charge on any atom is 0.405 e. The van der Waals surface area contributed by atoms with E-state index >= 15 is 0 Å². The molecule has 3 N–H and O–H groups in total. The molecule has 5 aromatic rings. The number of hydrogen-bond acceptors (Lipinski definition) is 6. The molecule has 0 spiro atoms. The van der Waals surface area contributed by atoms with Crippen molar-refractivity contribution in [3.8, 4) is 39.6 Å². The molecular weight excluding hydrogens is 532 g/mol. The van der Waals surface area contributed by atoms with Crippen molar-refractivity contribution >= 4 is 23.3 Å². The van der Waals surface area contributed by atoms with Crippen molar-refractivity contribution in [3.05, 3.63) is 106 Å². The Morgan fingerprint density at radius 2 is 1.81 bits per heavy atom. The number of amides is 1. The van der Waals surface area contributed by atoms with Crippen LogP contribution in [0.15, 0.2) is 85.1 Å². The Bertz CT molecular complexity index is 1890. The van der Waals surface area contributed by atoms with Gasteiger partial charge in [-0.1, -0.05) is 48.5 Å². The molecule has 0 unspecified atom stereocenters. The number of imidazole rings is 1. The average molecular weight is 559 g/mol. The Kier molecular flexibility index (Phi) is 5.79. The van der Waals surface area contributed by atoms with E-state index < -0.39 is 11.6 Å². The van der Waals surface area contributed by atoms with Crippen LogP contribution in [0.1, 0.15) is 30.4 Å². The average Bonchev–Trinajstić information content (AvgIpc) is 3.29. The van der Waals surface area contributed by atoms with Crippen molar-refractivity contribution in [2.75, 3.05) is 5.32 Å². The fraction of sp³-hybridized carbons (Fsp3) is 0.156. The third-order valence-electron chi connectivity index (χ3n) is 8.27. The van der Waals surface area contributed by atoms with Crippen LogP contribution in [0.25, 0.3) is 39.6 Å². The third kappa shape index (κ3) is 3.99. The molecule has 42 heavy (non-hydrogen) atoms. The molecule has 0 bridgehead atoms. The maximum absolute atomic E-state index is 11.9. The van der Waals surface area contributed by atoms with Gasteiger partial charge in [0, 0.05) is 34.5 Å². The van der Waals surface area contributed by atoms with E-state index in [1.807, 2.05) is 71.3 Å². The molecule has 10 nitrogen and oxygen atoms in total. The van der Waals surface area contributed by atoms with Crippen molar-refractivity contribution in [1.82, 2.24) is 19.9 Å². The molecule has 3 aromatic carbocycles. The Morgan fingerprint density at radius 3 is 2.52 bits per heavy atom. The first-order valence-electron chi connectivity index (χ1n) is 13.7. The Hall–Kier alpha value is -5.51. The molecule has 0 atom stereocenters. The summed E-state index contributed by atoms with van der Waals surface area (Å²) in [5, 5.41) is 27.5. The minimum atomic E-state index is -1.04. The second-order valence-corrected chi connectivity index (χ2v) is 10.7. The van der Waals surface area contributed by atoms with Gasteiger partial charge in [0.05, 0.1) is 33.2 Å². The van der Waals surface area contributed by atoms with Gasteiger partial charge in [0.15, 0.2) is 5.82 Å². The van der Waals surface area contributed by atoms with E-state index in [2.05, 4.69) is 15.6 Å². The minimum Gasteiger partial charge on any atom is -0.465 e. The number of nitro benzene ring substituents is 1. The Labute approximate surface area is 240 Å². The lowest BCUT2D eigenvalue weighted by Crippen LogP contribution is -2.50. The Morgan fingerprint density at radius 1 is 1.05 bits per heavy atom.